The Kier molecular flexibility index (Phi) is 4.30. The molecule has 0 aliphatic heterocycles. The number of halogens is 1. The molecule has 0 aromatic carbocycles. The van der Waals surface area contributed by atoms with E-state index in [-0.39, 0.29) is 17.2 Å². The first-order chi connectivity index (χ1) is 7.43. The van der Waals surface area contributed by atoms with Crippen molar-refractivity contribution in [2.24, 2.45) is 0 Å². The molecule has 0 radical (unpaired) electrons. The molecule has 0 saturated carbocycles. The zero-order valence-electron chi connectivity index (χ0n) is 9.95. The molecule has 1 aromatic heterocycles. The quantitative estimate of drug-likeness (QED) is 0.601. The van der Waals surface area contributed by atoms with Crippen LogP contribution in [-0.4, -0.2) is 17.1 Å². The fourth-order valence-electron chi connectivity index (χ4n) is 1.41. The van der Waals surface area contributed by atoms with Gasteiger partial charge in [0.1, 0.15) is 10.7 Å². The molecule has 4 heteroatoms. The minimum atomic E-state index is -0.406. The van der Waals surface area contributed by atoms with Gasteiger partial charge in [-0.2, -0.15) is 0 Å². The highest BCUT2D eigenvalue weighted by Gasteiger charge is 2.20. The highest BCUT2D eigenvalue weighted by Crippen LogP contribution is 2.25. The fourth-order valence-corrected chi connectivity index (χ4v) is 1.65. The Hall–Kier alpha value is -1.09. The summed E-state index contributed by atoms with van der Waals surface area (Å²) in [6, 6.07) is 1.80. The summed E-state index contributed by atoms with van der Waals surface area (Å²) in [6.45, 7) is 7.60. The summed E-state index contributed by atoms with van der Waals surface area (Å²) in [5.74, 6) is -0.202. The van der Waals surface area contributed by atoms with E-state index in [1.54, 1.807) is 26.1 Å². The number of hydrogen-bond donors (Lipinski definition) is 0. The van der Waals surface area contributed by atoms with Gasteiger partial charge in [-0.25, -0.2) is 9.78 Å². The first-order valence-corrected chi connectivity index (χ1v) is 5.66. The molecule has 0 spiro atoms. The fraction of sp³-hybridized carbons (Fsp3) is 0.500. The highest BCUT2D eigenvalue weighted by molar-refractivity contribution is 6.32. The maximum Gasteiger partial charge on any atom is 0.341 e. The van der Waals surface area contributed by atoms with Crippen LogP contribution in [0.2, 0.25) is 5.15 Å². The largest absolute Gasteiger partial charge is 0.459 e. The summed E-state index contributed by atoms with van der Waals surface area (Å²) < 4.78 is 5.14. The Bertz CT molecular complexity index is 389. The number of carbonyl (C=O) groups excluding carboxylic acids is 1. The lowest BCUT2D eigenvalue weighted by Crippen LogP contribution is -2.15. The van der Waals surface area contributed by atoms with E-state index in [2.05, 4.69) is 4.98 Å². The Morgan fingerprint density at radius 3 is 2.50 bits per heavy atom. The van der Waals surface area contributed by atoms with Gasteiger partial charge in [0.15, 0.2) is 0 Å². The predicted octanol–water partition coefficient (Wildman–Crippen LogP) is 3.42. The van der Waals surface area contributed by atoms with Crippen LogP contribution in [0, 0.1) is 0 Å². The predicted molar refractivity (Wildman–Crippen MR) is 63.9 cm³/mol. The molecule has 3 nitrogen and oxygen atoms in total. The Morgan fingerprint density at radius 1 is 1.38 bits per heavy atom. The summed E-state index contributed by atoms with van der Waals surface area (Å²) in [5.41, 5.74) is 1.25. The second kappa shape index (κ2) is 5.30. The monoisotopic (exact) mass is 241 g/mol. The van der Waals surface area contributed by atoms with Gasteiger partial charge in [-0.05, 0) is 31.4 Å². The standard InChI is InChI=1S/C12H16ClNO2/c1-7(2)9-5-6-14-11(13)10(9)12(15)16-8(3)4/h5-8H,1-4H3. The molecule has 0 bridgehead atoms. The van der Waals surface area contributed by atoms with Crippen molar-refractivity contribution in [3.63, 3.8) is 0 Å². The number of esters is 1. The number of rotatable bonds is 3. The lowest BCUT2D eigenvalue weighted by molar-refractivity contribution is 0.0376. The molecule has 0 amide bonds. The van der Waals surface area contributed by atoms with Crippen LogP contribution < -0.4 is 0 Å². The number of hydrogen-bond acceptors (Lipinski definition) is 3. The maximum atomic E-state index is 11.9. The van der Waals surface area contributed by atoms with Crippen molar-refractivity contribution in [1.82, 2.24) is 4.98 Å². The molecule has 0 N–H and O–H groups in total. The van der Waals surface area contributed by atoms with Crippen LogP contribution in [0.25, 0.3) is 0 Å². The molecule has 0 atom stereocenters. The molecule has 0 saturated heterocycles. The van der Waals surface area contributed by atoms with E-state index >= 15 is 0 Å². The number of aromatic nitrogens is 1. The molecular weight excluding hydrogens is 226 g/mol. The normalized spacial score (nSPS) is 10.9. The molecule has 1 heterocycles. The highest BCUT2D eigenvalue weighted by atomic mass is 35.5. The summed E-state index contributed by atoms with van der Waals surface area (Å²) in [5, 5.41) is 0.205. The summed E-state index contributed by atoms with van der Waals surface area (Å²) >= 11 is 5.94. The lowest BCUT2D eigenvalue weighted by Gasteiger charge is -2.14. The molecule has 0 aliphatic rings. The van der Waals surface area contributed by atoms with E-state index in [1.165, 1.54) is 0 Å². The van der Waals surface area contributed by atoms with Gasteiger partial charge in [0.25, 0.3) is 0 Å². The van der Waals surface area contributed by atoms with Gasteiger partial charge < -0.3 is 4.74 Å². The summed E-state index contributed by atoms with van der Waals surface area (Å²) in [6.07, 6.45) is 1.44. The zero-order valence-corrected chi connectivity index (χ0v) is 10.7. The van der Waals surface area contributed by atoms with E-state index < -0.39 is 5.97 Å². The van der Waals surface area contributed by atoms with Crippen LogP contribution in [0.3, 0.4) is 0 Å². The first-order valence-electron chi connectivity index (χ1n) is 5.28. The van der Waals surface area contributed by atoms with Crippen LogP contribution in [-0.2, 0) is 4.74 Å². The first kappa shape index (κ1) is 13.0. The SMILES string of the molecule is CC(C)OC(=O)c1c(C(C)C)ccnc1Cl. The molecule has 0 unspecified atom stereocenters. The van der Waals surface area contributed by atoms with Gasteiger partial charge in [0, 0.05) is 6.20 Å². The minimum Gasteiger partial charge on any atom is -0.459 e. The van der Waals surface area contributed by atoms with Crippen LogP contribution in [0.15, 0.2) is 12.3 Å². The topological polar surface area (TPSA) is 39.2 Å². The van der Waals surface area contributed by atoms with Crippen molar-refractivity contribution < 1.29 is 9.53 Å². The van der Waals surface area contributed by atoms with E-state index in [9.17, 15) is 4.79 Å². The number of ether oxygens (including phenoxy) is 1. The van der Waals surface area contributed by atoms with Gasteiger partial charge in [-0.15, -0.1) is 0 Å². The van der Waals surface area contributed by atoms with Crippen molar-refractivity contribution in [3.8, 4) is 0 Å². The zero-order chi connectivity index (χ0) is 12.3. The number of pyridine rings is 1. The van der Waals surface area contributed by atoms with E-state index in [4.69, 9.17) is 16.3 Å². The third kappa shape index (κ3) is 2.95. The number of carbonyl (C=O) groups is 1. The molecular formula is C12H16ClNO2. The summed E-state index contributed by atoms with van der Waals surface area (Å²) in [4.78, 5) is 15.8. The smallest absolute Gasteiger partial charge is 0.341 e. The van der Waals surface area contributed by atoms with E-state index in [0.29, 0.717) is 5.56 Å². The Labute approximate surface area is 101 Å². The van der Waals surface area contributed by atoms with Gasteiger partial charge in [0.2, 0.25) is 0 Å². The van der Waals surface area contributed by atoms with Crippen LogP contribution in [0.1, 0.15) is 49.5 Å². The van der Waals surface area contributed by atoms with Crippen LogP contribution in [0.5, 0.6) is 0 Å². The summed E-state index contributed by atoms with van der Waals surface area (Å²) in [7, 11) is 0. The van der Waals surface area contributed by atoms with E-state index in [0.717, 1.165) is 5.56 Å². The van der Waals surface area contributed by atoms with Gasteiger partial charge in [-0.3, -0.25) is 0 Å². The Balaban J connectivity index is 3.15. The van der Waals surface area contributed by atoms with Gasteiger partial charge >= 0.3 is 5.97 Å². The Morgan fingerprint density at radius 2 is 2.00 bits per heavy atom. The molecule has 0 aliphatic carbocycles. The van der Waals surface area contributed by atoms with Crippen molar-refractivity contribution in [2.45, 2.75) is 39.7 Å². The number of nitrogens with zero attached hydrogens (tertiary/aromatic N) is 1. The molecule has 0 fully saturated rings. The third-order valence-electron chi connectivity index (χ3n) is 2.11. The van der Waals surface area contributed by atoms with Gasteiger partial charge in [-0.1, -0.05) is 25.4 Å². The van der Waals surface area contributed by atoms with Crippen molar-refractivity contribution in [2.75, 3.05) is 0 Å². The molecule has 16 heavy (non-hydrogen) atoms. The van der Waals surface area contributed by atoms with Crippen LogP contribution >= 0.6 is 11.6 Å². The minimum absolute atomic E-state index is 0.163. The van der Waals surface area contributed by atoms with Gasteiger partial charge in [0.05, 0.1) is 6.10 Å². The van der Waals surface area contributed by atoms with Crippen molar-refractivity contribution in [1.29, 1.82) is 0 Å². The average Bonchev–Trinajstić information content (AvgIpc) is 2.15. The van der Waals surface area contributed by atoms with Crippen LogP contribution in [0.4, 0.5) is 0 Å². The lowest BCUT2D eigenvalue weighted by atomic mass is 9.99. The molecule has 1 rings (SSSR count). The van der Waals surface area contributed by atoms with Crippen molar-refractivity contribution >= 4 is 17.6 Å². The third-order valence-corrected chi connectivity index (χ3v) is 2.39. The second-order valence-electron chi connectivity index (χ2n) is 4.17. The van der Waals surface area contributed by atoms with E-state index in [1.807, 2.05) is 13.8 Å². The average molecular weight is 242 g/mol. The van der Waals surface area contributed by atoms with Crippen molar-refractivity contribution in [3.05, 3.63) is 28.5 Å². The second-order valence-corrected chi connectivity index (χ2v) is 4.53. The maximum absolute atomic E-state index is 11.9. The molecule has 88 valence electrons. The molecule has 1 aromatic rings.